The van der Waals surface area contributed by atoms with Crippen molar-refractivity contribution in [2.75, 3.05) is 7.05 Å². The molecule has 0 radical (unpaired) electrons. The first-order chi connectivity index (χ1) is 8.38. The average Bonchev–Trinajstić information content (AvgIpc) is 2.58. The molecule has 0 amide bonds. The Morgan fingerprint density at radius 1 is 1.44 bits per heavy atom. The molecule has 0 aromatic carbocycles. The zero-order valence-electron chi connectivity index (χ0n) is 11.0. The Morgan fingerprint density at radius 3 is 2.61 bits per heavy atom. The van der Waals surface area contributed by atoms with Crippen molar-refractivity contribution in [1.82, 2.24) is 10.0 Å². The molecule has 0 spiro atoms. The summed E-state index contributed by atoms with van der Waals surface area (Å²) in [7, 11) is -1.57. The summed E-state index contributed by atoms with van der Waals surface area (Å²) in [5.41, 5.74) is 0.588. The summed E-state index contributed by atoms with van der Waals surface area (Å²) in [4.78, 5) is 1.35. The molecule has 2 N–H and O–H groups in total. The molecule has 1 aliphatic carbocycles. The second-order valence-electron chi connectivity index (χ2n) is 5.22. The number of thiophene rings is 1. The van der Waals surface area contributed by atoms with Crippen molar-refractivity contribution < 1.29 is 8.42 Å². The van der Waals surface area contributed by atoms with Crippen molar-refractivity contribution >= 4 is 21.4 Å². The van der Waals surface area contributed by atoms with E-state index >= 15 is 0 Å². The SMILES string of the molecule is CNCc1scc(C)c1S(=O)(=O)NC1(C)CCC1. The molecular formula is C12H20N2O2S2. The highest BCUT2D eigenvalue weighted by Gasteiger charge is 2.37. The van der Waals surface area contributed by atoms with Gasteiger partial charge in [-0.05, 0) is 51.1 Å². The minimum Gasteiger partial charge on any atom is -0.315 e. The predicted molar refractivity (Wildman–Crippen MR) is 74.4 cm³/mol. The zero-order chi connectivity index (χ0) is 13.4. The maximum Gasteiger partial charge on any atom is 0.242 e. The molecule has 1 aliphatic rings. The number of rotatable bonds is 5. The van der Waals surface area contributed by atoms with Crippen LogP contribution in [-0.2, 0) is 16.6 Å². The highest BCUT2D eigenvalue weighted by Crippen LogP contribution is 2.34. The Labute approximate surface area is 113 Å². The normalized spacial score (nSPS) is 18.6. The van der Waals surface area contributed by atoms with Crippen LogP contribution in [0.1, 0.15) is 36.6 Å². The molecule has 1 heterocycles. The van der Waals surface area contributed by atoms with Crippen LogP contribution in [0.2, 0.25) is 0 Å². The van der Waals surface area contributed by atoms with E-state index in [0.717, 1.165) is 29.7 Å². The molecular weight excluding hydrogens is 268 g/mol. The second-order valence-corrected chi connectivity index (χ2v) is 7.80. The molecule has 1 aromatic heterocycles. The molecule has 0 saturated heterocycles. The van der Waals surface area contributed by atoms with Gasteiger partial charge < -0.3 is 5.32 Å². The van der Waals surface area contributed by atoms with Crippen LogP contribution >= 0.6 is 11.3 Å². The number of nitrogens with one attached hydrogen (secondary N) is 2. The molecule has 0 aliphatic heterocycles. The van der Waals surface area contributed by atoms with E-state index < -0.39 is 10.0 Å². The van der Waals surface area contributed by atoms with E-state index in [2.05, 4.69) is 10.0 Å². The summed E-state index contributed by atoms with van der Waals surface area (Å²) in [6.45, 7) is 4.42. The molecule has 6 heteroatoms. The molecule has 0 bridgehead atoms. The third-order valence-electron chi connectivity index (χ3n) is 3.43. The summed E-state index contributed by atoms with van der Waals surface area (Å²) in [5, 5.41) is 4.93. The number of hydrogen-bond donors (Lipinski definition) is 2. The van der Waals surface area contributed by atoms with E-state index in [1.807, 2.05) is 26.3 Å². The van der Waals surface area contributed by atoms with Gasteiger partial charge in [-0.15, -0.1) is 11.3 Å². The highest BCUT2D eigenvalue weighted by molar-refractivity contribution is 7.89. The quantitative estimate of drug-likeness (QED) is 0.871. The largest absolute Gasteiger partial charge is 0.315 e. The number of aryl methyl sites for hydroxylation is 1. The van der Waals surface area contributed by atoms with Crippen molar-refractivity contribution in [3.8, 4) is 0 Å². The third kappa shape index (κ3) is 2.61. The Balaban J connectivity index is 2.31. The van der Waals surface area contributed by atoms with E-state index in [1.165, 1.54) is 11.3 Å². The molecule has 18 heavy (non-hydrogen) atoms. The maximum absolute atomic E-state index is 12.5. The van der Waals surface area contributed by atoms with Crippen LogP contribution in [0.4, 0.5) is 0 Å². The van der Waals surface area contributed by atoms with E-state index in [9.17, 15) is 8.42 Å². The van der Waals surface area contributed by atoms with Crippen LogP contribution in [0.15, 0.2) is 10.3 Å². The van der Waals surface area contributed by atoms with Gasteiger partial charge in [0.05, 0.1) is 0 Å². The first-order valence-electron chi connectivity index (χ1n) is 6.13. The van der Waals surface area contributed by atoms with Crippen LogP contribution in [0.3, 0.4) is 0 Å². The highest BCUT2D eigenvalue weighted by atomic mass is 32.2. The van der Waals surface area contributed by atoms with Gasteiger partial charge in [0, 0.05) is 17.0 Å². The van der Waals surface area contributed by atoms with Crippen LogP contribution < -0.4 is 10.0 Å². The predicted octanol–water partition coefficient (Wildman–Crippen LogP) is 2.00. The maximum atomic E-state index is 12.5. The van der Waals surface area contributed by atoms with Crippen molar-refractivity contribution in [3.63, 3.8) is 0 Å². The molecule has 0 unspecified atom stereocenters. The Kier molecular flexibility index (Phi) is 3.82. The average molecular weight is 288 g/mol. The van der Waals surface area contributed by atoms with Crippen LogP contribution in [0.5, 0.6) is 0 Å². The third-order valence-corrected chi connectivity index (χ3v) is 6.53. The molecule has 1 fully saturated rings. The standard InChI is InChI=1S/C12H20N2O2S2/c1-9-8-17-10(7-13-3)11(9)18(15,16)14-12(2)5-4-6-12/h8,13-14H,4-7H2,1-3H3. The van der Waals surface area contributed by atoms with Gasteiger partial charge in [0.2, 0.25) is 10.0 Å². The van der Waals surface area contributed by atoms with Crippen molar-refractivity contribution in [2.24, 2.45) is 0 Å². The topological polar surface area (TPSA) is 58.2 Å². The van der Waals surface area contributed by atoms with Gasteiger partial charge in [-0.25, -0.2) is 13.1 Å². The zero-order valence-corrected chi connectivity index (χ0v) is 12.7. The smallest absolute Gasteiger partial charge is 0.242 e. The molecule has 4 nitrogen and oxygen atoms in total. The lowest BCUT2D eigenvalue weighted by Crippen LogP contribution is -2.50. The summed E-state index contributed by atoms with van der Waals surface area (Å²) >= 11 is 1.50. The van der Waals surface area contributed by atoms with Crippen molar-refractivity contribution in [1.29, 1.82) is 0 Å². The van der Waals surface area contributed by atoms with Crippen molar-refractivity contribution in [2.45, 2.75) is 50.1 Å². The first kappa shape index (κ1) is 14.0. The van der Waals surface area contributed by atoms with Gasteiger partial charge in [-0.3, -0.25) is 0 Å². The van der Waals surface area contributed by atoms with Gasteiger partial charge in [-0.2, -0.15) is 0 Å². The monoisotopic (exact) mass is 288 g/mol. The fourth-order valence-electron chi connectivity index (χ4n) is 2.32. The molecule has 1 aromatic rings. The minimum absolute atomic E-state index is 0.246. The van der Waals surface area contributed by atoms with E-state index in [4.69, 9.17) is 0 Å². The first-order valence-corrected chi connectivity index (χ1v) is 8.50. The van der Waals surface area contributed by atoms with Gasteiger partial charge in [0.25, 0.3) is 0 Å². The fraction of sp³-hybridized carbons (Fsp3) is 0.667. The Bertz CT molecular complexity index is 530. The molecule has 2 rings (SSSR count). The minimum atomic E-state index is -3.40. The van der Waals surface area contributed by atoms with Gasteiger partial charge in [0.15, 0.2) is 0 Å². The van der Waals surface area contributed by atoms with Crippen LogP contribution in [0, 0.1) is 6.92 Å². The lowest BCUT2D eigenvalue weighted by Gasteiger charge is -2.38. The molecule has 0 atom stereocenters. The number of hydrogen-bond acceptors (Lipinski definition) is 4. The Hall–Kier alpha value is -0.430. The second kappa shape index (κ2) is 4.92. The van der Waals surface area contributed by atoms with E-state index in [1.54, 1.807) is 0 Å². The fourth-order valence-corrected chi connectivity index (χ4v) is 5.61. The van der Waals surface area contributed by atoms with E-state index in [0.29, 0.717) is 11.4 Å². The summed E-state index contributed by atoms with van der Waals surface area (Å²) in [6.07, 6.45) is 2.96. The van der Waals surface area contributed by atoms with Crippen LogP contribution in [-0.4, -0.2) is 21.0 Å². The summed E-state index contributed by atoms with van der Waals surface area (Å²) in [5.74, 6) is 0. The van der Waals surface area contributed by atoms with Crippen LogP contribution in [0.25, 0.3) is 0 Å². The lowest BCUT2D eigenvalue weighted by atomic mass is 9.80. The summed E-state index contributed by atoms with van der Waals surface area (Å²) < 4.78 is 27.8. The Morgan fingerprint density at radius 2 is 2.11 bits per heavy atom. The van der Waals surface area contributed by atoms with Gasteiger partial charge in [-0.1, -0.05) is 0 Å². The van der Waals surface area contributed by atoms with E-state index in [-0.39, 0.29) is 5.54 Å². The molecule has 102 valence electrons. The van der Waals surface area contributed by atoms with Gasteiger partial charge in [0.1, 0.15) is 4.90 Å². The van der Waals surface area contributed by atoms with Gasteiger partial charge >= 0.3 is 0 Å². The van der Waals surface area contributed by atoms with Crippen molar-refractivity contribution in [3.05, 3.63) is 15.8 Å². The lowest BCUT2D eigenvalue weighted by molar-refractivity contribution is 0.248. The summed E-state index contributed by atoms with van der Waals surface area (Å²) in [6, 6.07) is 0. The number of sulfonamides is 1. The molecule has 1 saturated carbocycles.